The van der Waals surface area contributed by atoms with Gasteiger partial charge in [-0.1, -0.05) is 0 Å². The van der Waals surface area contributed by atoms with Crippen molar-refractivity contribution in [1.29, 1.82) is 0 Å². The molecule has 0 amide bonds. The summed E-state index contributed by atoms with van der Waals surface area (Å²) in [7, 11) is 0. The minimum absolute atomic E-state index is 0.00717. The summed E-state index contributed by atoms with van der Waals surface area (Å²) in [5.74, 6) is -1.06. The van der Waals surface area contributed by atoms with Crippen LogP contribution in [0.1, 0.15) is 20.3 Å². The van der Waals surface area contributed by atoms with Gasteiger partial charge in [-0.3, -0.25) is 4.79 Å². The van der Waals surface area contributed by atoms with Crippen molar-refractivity contribution < 1.29 is 27.8 Å². The van der Waals surface area contributed by atoms with Crippen molar-refractivity contribution in [3.63, 3.8) is 0 Å². The summed E-state index contributed by atoms with van der Waals surface area (Å²) in [5, 5.41) is 8.82. The molecule has 0 aromatic heterocycles. The van der Waals surface area contributed by atoms with E-state index in [-0.39, 0.29) is 6.61 Å². The number of ether oxygens (including phenoxy) is 1. The Morgan fingerprint density at radius 3 is 2.23 bits per heavy atom. The van der Waals surface area contributed by atoms with Crippen molar-refractivity contribution in [2.24, 2.45) is 0 Å². The highest BCUT2D eigenvalue weighted by Gasteiger charge is 2.51. The summed E-state index contributed by atoms with van der Waals surface area (Å²) < 4.78 is 40.2. The Morgan fingerprint density at radius 2 is 1.92 bits per heavy atom. The summed E-state index contributed by atoms with van der Waals surface area (Å²) in [5.41, 5.74) is -3.01. The maximum Gasteiger partial charge on any atom is 0.417 e. The van der Waals surface area contributed by atoms with Crippen LogP contribution in [0.2, 0.25) is 0 Å². The minimum atomic E-state index is -4.82. The van der Waals surface area contributed by atoms with Crippen molar-refractivity contribution in [1.82, 2.24) is 0 Å². The number of hydrogen-bond donors (Lipinski definition) is 1. The number of alkyl halides is 3. The van der Waals surface area contributed by atoms with Crippen LogP contribution < -0.4 is 0 Å². The van der Waals surface area contributed by atoms with Crippen molar-refractivity contribution in [2.75, 3.05) is 6.61 Å². The number of esters is 1. The van der Waals surface area contributed by atoms with Gasteiger partial charge in [0.05, 0.1) is 13.0 Å². The first kappa shape index (κ1) is 12.2. The summed E-state index contributed by atoms with van der Waals surface area (Å²) in [6, 6.07) is 0. The number of carbonyl (C=O) groups is 1. The van der Waals surface area contributed by atoms with Gasteiger partial charge in [-0.2, -0.15) is 13.2 Å². The zero-order valence-electron chi connectivity index (χ0n) is 7.31. The van der Waals surface area contributed by atoms with E-state index in [0.29, 0.717) is 6.92 Å². The lowest BCUT2D eigenvalue weighted by Crippen LogP contribution is -2.44. The molecule has 6 heteroatoms. The zero-order chi connectivity index (χ0) is 10.7. The van der Waals surface area contributed by atoms with Crippen LogP contribution in [-0.4, -0.2) is 29.5 Å². The monoisotopic (exact) mass is 200 g/mol. The fraction of sp³-hybridized carbons (Fsp3) is 0.857. The third-order valence-corrected chi connectivity index (χ3v) is 1.40. The van der Waals surface area contributed by atoms with Gasteiger partial charge in [-0.25, -0.2) is 0 Å². The van der Waals surface area contributed by atoms with E-state index >= 15 is 0 Å². The van der Waals surface area contributed by atoms with E-state index in [4.69, 9.17) is 5.11 Å². The van der Waals surface area contributed by atoms with E-state index in [2.05, 4.69) is 4.74 Å². The highest BCUT2D eigenvalue weighted by molar-refractivity contribution is 5.70. The Kier molecular flexibility index (Phi) is 3.71. The van der Waals surface area contributed by atoms with Gasteiger partial charge in [0.2, 0.25) is 0 Å². The molecule has 1 N–H and O–H groups in total. The maximum atomic E-state index is 12.0. The Labute approximate surface area is 73.5 Å². The van der Waals surface area contributed by atoms with E-state index in [1.807, 2.05) is 0 Å². The molecule has 0 aromatic carbocycles. The minimum Gasteiger partial charge on any atom is -0.466 e. The molecule has 0 unspecified atom stereocenters. The molecule has 78 valence electrons. The predicted molar refractivity (Wildman–Crippen MR) is 37.9 cm³/mol. The van der Waals surface area contributed by atoms with Crippen molar-refractivity contribution in [3.05, 3.63) is 0 Å². The smallest absolute Gasteiger partial charge is 0.417 e. The molecule has 0 bridgehead atoms. The van der Waals surface area contributed by atoms with Crippen LogP contribution in [0.5, 0.6) is 0 Å². The van der Waals surface area contributed by atoms with Crippen LogP contribution in [-0.2, 0) is 9.53 Å². The molecule has 0 saturated heterocycles. The first-order valence-corrected chi connectivity index (χ1v) is 3.65. The molecular formula is C7H11F3O3. The Bertz CT molecular complexity index is 186. The van der Waals surface area contributed by atoms with E-state index in [1.165, 1.54) is 6.92 Å². The third-order valence-electron chi connectivity index (χ3n) is 1.40. The Morgan fingerprint density at radius 1 is 1.46 bits per heavy atom. The largest absolute Gasteiger partial charge is 0.466 e. The molecule has 0 spiro atoms. The maximum absolute atomic E-state index is 12.0. The first-order chi connectivity index (χ1) is 5.70. The zero-order valence-corrected chi connectivity index (χ0v) is 7.31. The van der Waals surface area contributed by atoms with Gasteiger partial charge in [-0.15, -0.1) is 0 Å². The lowest BCUT2D eigenvalue weighted by Gasteiger charge is -2.24. The second-order valence-electron chi connectivity index (χ2n) is 2.75. The van der Waals surface area contributed by atoms with Crippen LogP contribution in [0.4, 0.5) is 13.2 Å². The Balaban J connectivity index is 4.26. The molecule has 0 aliphatic rings. The molecule has 0 aromatic rings. The summed E-state index contributed by atoms with van der Waals surface area (Å²) >= 11 is 0. The van der Waals surface area contributed by atoms with Crippen LogP contribution >= 0.6 is 0 Å². The normalized spacial score (nSPS) is 16.5. The molecule has 0 fully saturated rings. The van der Waals surface area contributed by atoms with Gasteiger partial charge in [0.15, 0.2) is 5.60 Å². The highest BCUT2D eigenvalue weighted by atomic mass is 19.4. The van der Waals surface area contributed by atoms with Gasteiger partial charge in [0, 0.05) is 0 Å². The lowest BCUT2D eigenvalue weighted by atomic mass is 10.0. The summed E-state index contributed by atoms with van der Waals surface area (Å²) in [6.45, 7) is 2.00. The van der Waals surface area contributed by atoms with Gasteiger partial charge in [0.1, 0.15) is 0 Å². The van der Waals surface area contributed by atoms with Crippen molar-refractivity contribution in [2.45, 2.75) is 32.0 Å². The van der Waals surface area contributed by atoms with E-state index in [1.54, 1.807) is 0 Å². The topological polar surface area (TPSA) is 46.5 Å². The predicted octanol–water partition coefficient (Wildman–Crippen LogP) is 1.25. The van der Waals surface area contributed by atoms with Gasteiger partial charge in [0.25, 0.3) is 0 Å². The van der Waals surface area contributed by atoms with Gasteiger partial charge >= 0.3 is 12.1 Å². The standard InChI is InChI=1S/C7H11F3O3/c1-3-13-5(11)4-6(2,12)7(8,9)10/h12H,3-4H2,1-2H3/t6-/m1/s1. The van der Waals surface area contributed by atoms with Crippen LogP contribution in [0.25, 0.3) is 0 Å². The quantitative estimate of drug-likeness (QED) is 0.697. The van der Waals surface area contributed by atoms with Crippen LogP contribution in [0, 0.1) is 0 Å². The number of carbonyl (C=O) groups excluding carboxylic acids is 1. The van der Waals surface area contributed by atoms with Gasteiger partial charge < -0.3 is 9.84 Å². The molecule has 3 nitrogen and oxygen atoms in total. The molecule has 0 rings (SSSR count). The lowest BCUT2D eigenvalue weighted by molar-refractivity contribution is -0.255. The van der Waals surface area contributed by atoms with Crippen LogP contribution in [0.15, 0.2) is 0 Å². The number of hydrogen-bond acceptors (Lipinski definition) is 3. The molecule has 0 radical (unpaired) electrons. The SMILES string of the molecule is CCOC(=O)C[C@@](C)(O)C(F)(F)F. The van der Waals surface area contributed by atoms with E-state index in [0.717, 1.165) is 0 Å². The number of rotatable bonds is 3. The van der Waals surface area contributed by atoms with Crippen LogP contribution in [0.3, 0.4) is 0 Å². The third kappa shape index (κ3) is 3.63. The summed E-state index contributed by atoms with van der Waals surface area (Å²) in [6.07, 6.45) is -5.90. The number of aliphatic hydroxyl groups is 1. The molecule has 0 saturated carbocycles. The second kappa shape index (κ2) is 3.95. The van der Waals surface area contributed by atoms with Crippen molar-refractivity contribution in [3.8, 4) is 0 Å². The molecule has 0 aliphatic heterocycles. The molecule has 0 heterocycles. The Hall–Kier alpha value is -0.780. The van der Waals surface area contributed by atoms with E-state index < -0.39 is 24.2 Å². The molecular weight excluding hydrogens is 189 g/mol. The average Bonchev–Trinajstić information content (AvgIpc) is 1.83. The summed E-state index contributed by atoms with van der Waals surface area (Å²) in [4.78, 5) is 10.6. The fourth-order valence-corrected chi connectivity index (χ4v) is 0.593. The highest BCUT2D eigenvalue weighted by Crippen LogP contribution is 2.32. The first-order valence-electron chi connectivity index (χ1n) is 3.65. The average molecular weight is 200 g/mol. The number of halogens is 3. The molecule has 0 aliphatic carbocycles. The second-order valence-corrected chi connectivity index (χ2v) is 2.75. The molecule has 1 atom stereocenters. The van der Waals surface area contributed by atoms with Crippen molar-refractivity contribution >= 4 is 5.97 Å². The van der Waals surface area contributed by atoms with E-state index in [9.17, 15) is 18.0 Å². The van der Waals surface area contributed by atoms with Gasteiger partial charge in [-0.05, 0) is 13.8 Å². The fourth-order valence-electron chi connectivity index (χ4n) is 0.593. The molecule has 13 heavy (non-hydrogen) atoms.